The molecule has 3 heterocycles. The molecule has 5 heteroatoms. The molecule has 0 amide bonds. The van der Waals surface area contributed by atoms with Gasteiger partial charge in [-0.15, -0.1) is 0 Å². The topological polar surface area (TPSA) is 57.4 Å². The highest BCUT2D eigenvalue weighted by Gasteiger charge is 2.26. The first-order valence-corrected chi connectivity index (χ1v) is 8.91. The van der Waals surface area contributed by atoms with Gasteiger partial charge in [-0.25, -0.2) is 4.98 Å². The number of rotatable bonds is 3. The maximum Gasteiger partial charge on any atom is 0.202 e. The number of methoxy groups -OCH3 is 1. The van der Waals surface area contributed by atoms with Gasteiger partial charge in [0.05, 0.1) is 13.0 Å². The van der Waals surface area contributed by atoms with Gasteiger partial charge in [0.1, 0.15) is 23.6 Å². The second-order valence-corrected chi connectivity index (χ2v) is 6.66. The molecule has 1 atom stereocenters. The number of hydrogen-bond acceptors (Lipinski definition) is 5. The highest BCUT2D eigenvalue weighted by molar-refractivity contribution is 5.80. The third-order valence-electron chi connectivity index (χ3n) is 4.92. The Morgan fingerprint density at radius 2 is 2.04 bits per heavy atom. The lowest BCUT2D eigenvalue weighted by Gasteiger charge is -2.23. The average molecular weight is 358 g/mol. The summed E-state index contributed by atoms with van der Waals surface area (Å²) in [6.07, 6.45) is 4.43. The van der Waals surface area contributed by atoms with Crippen LogP contribution in [0, 0.1) is 0 Å². The van der Waals surface area contributed by atoms with Crippen molar-refractivity contribution in [3.05, 3.63) is 72.4 Å². The molecule has 1 aliphatic heterocycles. The average Bonchev–Trinajstić information content (AvgIpc) is 3.17. The fraction of sp³-hybridized carbons (Fsp3) is 0.182. The fourth-order valence-corrected chi connectivity index (χ4v) is 3.49. The molecule has 0 saturated heterocycles. The fourth-order valence-electron chi connectivity index (χ4n) is 3.49. The largest absolute Gasteiger partial charge is 0.497 e. The Bertz CT molecular complexity index is 1110. The molecule has 0 spiro atoms. The Kier molecular flexibility index (Phi) is 3.78. The summed E-state index contributed by atoms with van der Waals surface area (Å²) < 4.78 is 17.3. The lowest BCUT2D eigenvalue weighted by Crippen LogP contribution is -2.19. The van der Waals surface area contributed by atoms with E-state index < -0.39 is 0 Å². The van der Waals surface area contributed by atoms with E-state index in [-0.39, 0.29) is 5.92 Å². The Balaban J connectivity index is 1.47. The summed E-state index contributed by atoms with van der Waals surface area (Å²) in [5.74, 6) is 2.53. The minimum Gasteiger partial charge on any atom is -0.497 e. The van der Waals surface area contributed by atoms with Crippen LogP contribution in [0.2, 0.25) is 0 Å². The van der Waals surface area contributed by atoms with E-state index in [2.05, 4.69) is 4.98 Å². The van der Waals surface area contributed by atoms with E-state index >= 15 is 0 Å². The predicted octanol–water partition coefficient (Wildman–Crippen LogP) is 4.62. The number of benzene rings is 2. The summed E-state index contributed by atoms with van der Waals surface area (Å²) in [6, 6.07) is 15.9. The summed E-state index contributed by atoms with van der Waals surface area (Å²) in [5.41, 5.74) is 4.87. The highest BCUT2D eigenvalue weighted by Crippen LogP contribution is 2.35. The van der Waals surface area contributed by atoms with Gasteiger partial charge >= 0.3 is 0 Å². The summed E-state index contributed by atoms with van der Waals surface area (Å²) in [4.78, 5) is 8.88. The summed E-state index contributed by atoms with van der Waals surface area (Å²) in [7, 11) is 1.67. The van der Waals surface area contributed by atoms with Gasteiger partial charge in [-0.05, 0) is 53.9 Å². The van der Waals surface area contributed by atoms with Crippen LogP contribution < -0.4 is 9.47 Å². The maximum absolute atomic E-state index is 6.10. The van der Waals surface area contributed by atoms with E-state index in [9.17, 15) is 0 Å². The second-order valence-electron chi connectivity index (χ2n) is 6.66. The number of ether oxygens (including phenoxy) is 2. The minimum atomic E-state index is 0.0823. The molecule has 5 rings (SSSR count). The van der Waals surface area contributed by atoms with Crippen molar-refractivity contribution >= 4 is 11.1 Å². The molecule has 0 fully saturated rings. The molecule has 2 aromatic heterocycles. The maximum atomic E-state index is 6.10. The standard InChI is InChI=1S/C22H18N2O3/c1-25-18-5-7-20-16(10-18)9-17(13-26-20)22-24-19-6-4-14(11-21(19)27-22)15-3-2-8-23-12-15/h2-8,10-12,17H,9,13H2,1H3. The zero-order valence-electron chi connectivity index (χ0n) is 14.9. The van der Waals surface area contributed by atoms with Crippen LogP contribution in [0.1, 0.15) is 17.4 Å². The molecule has 27 heavy (non-hydrogen) atoms. The number of hydrogen-bond donors (Lipinski definition) is 0. The Hall–Kier alpha value is -3.34. The molecule has 1 unspecified atom stereocenters. The van der Waals surface area contributed by atoms with Crippen molar-refractivity contribution < 1.29 is 13.9 Å². The third kappa shape index (κ3) is 2.91. The van der Waals surface area contributed by atoms with Crippen LogP contribution in [0.5, 0.6) is 11.5 Å². The highest BCUT2D eigenvalue weighted by atomic mass is 16.5. The van der Waals surface area contributed by atoms with Crippen LogP contribution in [0.3, 0.4) is 0 Å². The van der Waals surface area contributed by atoms with Gasteiger partial charge in [-0.2, -0.15) is 0 Å². The van der Waals surface area contributed by atoms with Crippen molar-refractivity contribution in [3.63, 3.8) is 0 Å². The Labute approximate surface area is 156 Å². The molecule has 5 nitrogen and oxygen atoms in total. The first-order chi connectivity index (χ1) is 13.3. The molecule has 0 bridgehead atoms. The Morgan fingerprint density at radius 1 is 1.07 bits per heavy atom. The number of nitrogens with zero attached hydrogens (tertiary/aromatic N) is 2. The van der Waals surface area contributed by atoms with E-state index in [0.29, 0.717) is 12.5 Å². The zero-order chi connectivity index (χ0) is 18.2. The lowest BCUT2D eigenvalue weighted by atomic mass is 9.96. The molecule has 2 aromatic carbocycles. The van der Waals surface area contributed by atoms with Gasteiger partial charge in [-0.3, -0.25) is 4.98 Å². The van der Waals surface area contributed by atoms with Crippen molar-refractivity contribution in [2.45, 2.75) is 12.3 Å². The second kappa shape index (κ2) is 6.43. The predicted molar refractivity (Wildman–Crippen MR) is 102 cm³/mol. The van der Waals surface area contributed by atoms with Gasteiger partial charge in [0.2, 0.25) is 5.89 Å². The van der Waals surface area contributed by atoms with Gasteiger partial charge < -0.3 is 13.9 Å². The summed E-state index contributed by atoms with van der Waals surface area (Å²) in [6.45, 7) is 0.557. The normalized spacial score (nSPS) is 16.0. The quantitative estimate of drug-likeness (QED) is 0.535. The lowest BCUT2D eigenvalue weighted by molar-refractivity contribution is 0.243. The van der Waals surface area contributed by atoms with Crippen molar-refractivity contribution in [2.24, 2.45) is 0 Å². The minimum absolute atomic E-state index is 0.0823. The van der Waals surface area contributed by atoms with Gasteiger partial charge in [0.25, 0.3) is 0 Å². The first kappa shape index (κ1) is 15.9. The van der Waals surface area contributed by atoms with Crippen molar-refractivity contribution in [1.29, 1.82) is 0 Å². The molecule has 4 aromatic rings. The van der Waals surface area contributed by atoms with Crippen LogP contribution in [0.25, 0.3) is 22.2 Å². The SMILES string of the molecule is COc1ccc2c(c1)CC(c1nc3ccc(-c4cccnc4)cc3o1)CO2. The van der Waals surface area contributed by atoms with Crippen molar-refractivity contribution in [1.82, 2.24) is 9.97 Å². The van der Waals surface area contributed by atoms with Crippen LogP contribution in [0.4, 0.5) is 0 Å². The van der Waals surface area contributed by atoms with Crippen molar-refractivity contribution in [3.8, 4) is 22.6 Å². The summed E-state index contributed by atoms with van der Waals surface area (Å²) >= 11 is 0. The number of pyridine rings is 1. The van der Waals surface area contributed by atoms with E-state index in [0.717, 1.165) is 45.7 Å². The number of aromatic nitrogens is 2. The third-order valence-corrected chi connectivity index (χ3v) is 4.92. The molecular weight excluding hydrogens is 340 g/mol. The van der Waals surface area contributed by atoms with Crippen LogP contribution in [-0.4, -0.2) is 23.7 Å². The van der Waals surface area contributed by atoms with Gasteiger partial charge in [0.15, 0.2) is 5.58 Å². The van der Waals surface area contributed by atoms with Crippen LogP contribution in [-0.2, 0) is 6.42 Å². The van der Waals surface area contributed by atoms with Crippen LogP contribution in [0.15, 0.2) is 65.3 Å². The van der Waals surface area contributed by atoms with Crippen molar-refractivity contribution in [2.75, 3.05) is 13.7 Å². The monoisotopic (exact) mass is 358 g/mol. The number of fused-ring (bicyclic) bond motifs is 2. The Morgan fingerprint density at radius 3 is 2.89 bits per heavy atom. The molecule has 1 aliphatic rings. The molecule has 0 N–H and O–H groups in total. The zero-order valence-corrected chi connectivity index (χ0v) is 14.9. The molecule has 0 radical (unpaired) electrons. The molecule has 0 aliphatic carbocycles. The number of oxazole rings is 1. The van der Waals surface area contributed by atoms with E-state index in [4.69, 9.17) is 18.9 Å². The first-order valence-electron chi connectivity index (χ1n) is 8.91. The molecule has 0 saturated carbocycles. The van der Waals surface area contributed by atoms with Gasteiger partial charge in [0, 0.05) is 18.0 Å². The van der Waals surface area contributed by atoms with E-state index in [1.54, 1.807) is 13.3 Å². The molecular formula is C22H18N2O3. The van der Waals surface area contributed by atoms with Gasteiger partial charge in [-0.1, -0.05) is 12.1 Å². The smallest absolute Gasteiger partial charge is 0.202 e. The van der Waals surface area contributed by atoms with E-state index in [1.165, 1.54) is 0 Å². The summed E-state index contributed by atoms with van der Waals surface area (Å²) in [5, 5.41) is 0. The van der Waals surface area contributed by atoms with E-state index in [1.807, 2.05) is 54.7 Å². The molecule has 134 valence electrons. The van der Waals surface area contributed by atoms with Crippen LogP contribution >= 0.6 is 0 Å².